The summed E-state index contributed by atoms with van der Waals surface area (Å²) in [6, 6.07) is 8.05. The van der Waals surface area contributed by atoms with Crippen LogP contribution < -0.4 is 5.73 Å². The monoisotopic (exact) mass is 237 g/mol. The summed E-state index contributed by atoms with van der Waals surface area (Å²) in [6.45, 7) is 2.26. The smallest absolute Gasteiger partial charge is 0.0438 e. The summed E-state index contributed by atoms with van der Waals surface area (Å²) in [5, 5.41) is 0.854. The molecule has 0 saturated heterocycles. The third-order valence-corrected chi connectivity index (χ3v) is 4.19. The van der Waals surface area contributed by atoms with Gasteiger partial charge < -0.3 is 5.73 Å². The highest BCUT2D eigenvalue weighted by molar-refractivity contribution is 6.31. The number of hydrogen-bond acceptors (Lipinski definition) is 1. The Labute approximate surface area is 103 Å². The lowest BCUT2D eigenvalue weighted by atomic mass is 9.89. The minimum Gasteiger partial charge on any atom is -0.325 e. The zero-order chi connectivity index (χ0) is 11.6. The van der Waals surface area contributed by atoms with Gasteiger partial charge >= 0.3 is 0 Å². The molecule has 1 aliphatic carbocycles. The van der Waals surface area contributed by atoms with Gasteiger partial charge in [0.25, 0.3) is 0 Å². The molecule has 2 rings (SSSR count). The maximum Gasteiger partial charge on any atom is 0.0438 e. The van der Waals surface area contributed by atoms with E-state index in [-0.39, 0.29) is 5.54 Å². The van der Waals surface area contributed by atoms with Crippen molar-refractivity contribution in [1.82, 2.24) is 0 Å². The van der Waals surface area contributed by atoms with E-state index in [1.54, 1.807) is 0 Å². The van der Waals surface area contributed by atoms with Gasteiger partial charge in [-0.3, -0.25) is 0 Å². The number of hydrogen-bond donors (Lipinski definition) is 1. The Balaban J connectivity index is 2.08. The summed E-state index contributed by atoms with van der Waals surface area (Å²) < 4.78 is 0. The molecule has 88 valence electrons. The molecule has 1 aromatic carbocycles. The van der Waals surface area contributed by atoms with Crippen LogP contribution in [0.3, 0.4) is 0 Å². The number of rotatable bonds is 3. The van der Waals surface area contributed by atoms with Gasteiger partial charge in [-0.15, -0.1) is 0 Å². The fraction of sp³-hybridized carbons (Fsp3) is 0.571. The third-order valence-electron chi connectivity index (χ3n) is 3.82. The molecule has 0 heterocycles. The van der Waals surface area contributed by atoms with Gasteiger partial charge in [0.1, 0.15) is 0 Å². The first-order valence-electron chi connectivity index (χ1n) is 6.15. The number of benzene rings is 1. The van der Waals surface area contributed by atoms with Gasteiger partial charge in [0, 0.05) is 10.6 Å². The molecular formula is C14H20ClN. The Hall–Kier alpha value is -0.530. The van der Waals surface area contributed by atoms with Crippen LogP contribution in [0.5, 0.6) is 0 Å². The largest absolute Gasteiger partial charge is 0.325 e. The summed E-state index contributed by atoms with van der Waals surface area (Å²) in [7, 11) is 0. The van der Waals surface area contributed by atoms with Gasteiger partial charge in [0.15, 0.2) is 0 Å². The van der Waals surface area contributed by atoms with Crippen LogP contribution in [0.4, 0.5) is 0 Å². The van der Waals surface area contributed by atoms with Gasteiger partial charge in [-0.1, -0.05) is 43.1 Å². The third kappa shape index (κ3) is 2.58. The lowest BCUT2D eigenvalue weighted by Gasteiger charge is -2.24. The Morgan fingerprint density at radius 1 is 1.44 bits per heavy atom. The molecule has 2 N–H and O–H groups in total. The number of nitrogens with two attached hydrogens (primary N) is 1. The summed E-state index contributed by atoms with van der Waals surface area (Å²) in [4.78, 5) is 0. The molecule has 0 amide bonds. The quantitative estimate of drug-likeness (QED) is 0.851. The van der Waals surface area contributed by atoms with Crippen LogP contribution in [0.2, 0.25) is 5.02 Å². The highest BCUT2D eigenvalue weighted by atomic mass is 35.5. The Morgan fingerprint density at radius 3 is 2.81 bits per heavy atom. The van der Waals surface area contributed by atoms with Crippen molar-refractivity contribution < 1.29 is 0 Å². The molecular weight excluding hydrogens is 218 g/mol. The molecule has 0 aromatic heterocycles. The highest BCUT2D eigenvalue weighted by Gasteiger charge is 2.35. The molecule has 1 fully saturated rings. The molecule has 2 atom stereocenters. The van der Waals surface area contributed by atoms with E-state index < -0.39 is 0 Å². The molecule has 1 saturated carbocycles. The van der Waals surface area contributed by atoms with Crippen LogP contribution in [0.25, 0.3) is 0 Å². The van der Waals surface area contributed by atoms with Gasteiger partial charge in [-0.2, -0.15) is 0 Å². The fourth-order valence-corrected chi connectivity index (χ4v) is 3.00. The van der Waals surface area contributed by atoms with E-state index in [9.17, 15) is 0 Å². The Bertz CT molecular complexity index is 364. The lowest BCUT2D eigenvalue weighted by Crippen LogP contribution is -2.39. The molecule has 2 heteroatoms. The van der Waals surface area contributed by atoms with Crippen molar-refractivity contribution in [1.29, 1.82) is 0 Å². The van der Waals surface area contributed by atoms with Crippen LogP contribution in [0.1, 0.15) is 38.2 Å². The van der Waals surface area contributed by atoms with Crippen molar-refractivity contribution in [3.63, 3.8) is 0 Å². The average molecular weight is 238 g/mol. The van der Waals surface area contributed by atoms with E-state index in [4.69, 9.17) is 17.3 Å². The molecule has 0 radical (unpaired) electrons. The highest BCUT2D eigenvalue weighted by Crippen LogP contribution is 2.37. The van der Waals surface area contributed by atoms with Gasteiger partial charge in [0.2, 0.25) is 0 Å². The van der Waals surface area contributed by atoms with Crippen molar-refractivity contribution in [3.8, 4) is 0 Å². The van der Waals surface area contributed by atoms with Gasteiger partial charge in [0.05, 0.1) is 0 Å². The molecule has 2 unspecified atom stereocenters. The normalized spacial score (nSPS) is 29.6. The first-order chi connectivity index (χ1) is 7.63. The van der Waals surface area contributed by atoms with Crippen molar-refractivity contribution in [3.05, 3.63) is 34.9 Å². The zero-order valence-corrected chi connectivity index (χ0v) is 10.6. The topological polar surface area (TPSA) is 26.0 Å². The SMILES string of the molecule is CCC1CCC(N)(Cc2ccccc2Cl)C1. The van der Waals surface area contributed by atoms with E-state index >= 15 is 0 Å². The van der Waals surface area contributed by atoms with Gasteiger partial charge in [-0.05, 0) is 43.2 Å². The van der Waals surface area contributed by atoms with Crippen molar-refractivity contribution in [2.24, 2.45) is 11.7 Å². The molecule has 1 nitrogen and oxygen atoms in total. The van der Waals surface area contributed by atoms with Crippen LogP contribution in [0, 0.1) is 5.92 Å². The fourth-order valence-electron chi connectivity index (χ4n) is 2.80. The summed E-state index contributed by atoms with van der Waals surface area (Å²) >= 11 is 6.18. The predicted octanol–water partition coefficient (Wildman–Crippen LogP) is 3.79. The Kier molecular flexibility index (Phi) is 3.56. The van der Waals surface area contributed by atoms with Crippen molar-refractivity contribution in [2.45, 2.75) is 44.6 Å². The van der Waals surface area contributed by atoms with Crippen molar-refractivity contribution >= 4 is 11.6 Å². The molecule has 1 aromatic rings. The Morgan fingerprint density at radius 2 is 2.19 bits per heavy atom. The van der Waals surface area contributed by atoms with Gasteiger partial charge in [-0.25, -0.2) is 0 Å². The predicted molar refractivity (Wildman–Crippen MR) is 69.7 cm³/mol. The van der Waals surface area contributed by atoms with Crippen LogP contribution >= 0.6 is 11.6 Å². The standard InChI is InChI=1S/C14H20ClN/c1-2-11-7-8-14(16,9-11)10-12-5-3-4-6-13(12)15/h3-6,11H,2,7-10,16H2,1H3. The van der Waals surface area contributed by atoms with Crippen LogP contribution in [0.15, 0.2) is 24.3 Å². The van der Waals surface area contributed by atoms with Crippen LogP contribution in [-0.4, -0.2) is 5.54 Å². The summed E-state index contributed by atoms with van der Waals surface area (Å²) in [6.07, 6.45) is 5.73. The van der Waals surface area contributed by atoms with Crippen LogP contribution in [-0.2, 0) is 6.42 Å². The number of halogens is 1. The lowest BCUT2D eigenvalue weighted by molar-refractivity contribution is 0.407. The summed E-state index contributed by atoms with van der Waals surface area (Å²) in [5.74, 6) is 0.812. The minimum absolute atomic E-state index is 0.0222. The average Bonchev–Trinajstić information content (AvgIpc) is 2.64. The maximum absolute atomic E-state index is 6.47. The van der Waals surface area contributed by atoms with Crippen molar-refractivity contribution in [2.75, 3.05) is 0 Å². The van der Waals surface area contributed by atoms with E-state index in [1.807, 2.05) is 18.2 Å². The first-order valence-corrected chi connectivity index (χ1v) is 6.53. The minimum atomic E-state index is -0.0222. The second-order valence-corrected chi connectivity index (χ2v) is 5.55. The molecule has 16 heavy (non-hydrogen) atoms. The molecule has 0 spiro atoms. The second kappa shape index (κ2) is 4.77. The molecule has 0 bridgehead atoms. The van der Waals surface area contributed by atoms with E-state index in [2.05, 4.69) is 13.0 Å². The zero-order valence-electron chi connectivity index (χ0n) is 9.88. The summed E-state index contributed by atoms with van der Waals surface area (Å²) in [5.41, 5.74) is 7.64. The first kappa shape index (κ1) is 11.9. The second-order valence-electron chi connectivity index (χ2n) is 5.15. The van der Waals surface area contributed by atoms with E-state index in [1.165, 1.54) is 18.4 Å². The molecule has 1 aliphatic rings. The van der Waals surface area contributed by atoms with E-state index in [0.29, 0.717) is 0 Å². The maximum atomic E-state index is 6.47. The molecule has 0 aliphatic heterocycles. The van der Waals surface area contributed by atoms with E-state index in [0.717, 1.165) is 30.2 Å².